The monoisotopic (exact) mass is 362 g/mol. The largest absolute Gasteiger partial charge is 0.393 e. The molecule has 1 N–H and O–H groups in total. The van der Waals surface area contributed by atoms with Gasteiger partial charge in [0.05, 0.1) is 17.8 Å². The van der Waals surface area contributed by atoms with E-state index in [9.17, 15) is 9.90 Å². The van der Waals surface area contributed by atoms with Gasteiger partial charge in [-0.25, -0.2) is 0 Å². The average Bonchev–Trinajstić information content (AvgIpc) is 2.72. The van der Waals surface area contributed by atoms with Crippen LogP contribution in [-0.2, 0) is 14.3 Å². The van der Waals surface area contributed by atoms with Gasteiger partial charge in [-0.15, -0.1) is 0 Å². The topological polar surface area (TPSA) is 55.8 Å². The van der Waals surface area contributed by atoms with Gasteiger partial charge in [-0.05, 0) is 62.9 Å². The summed E-state index contributed by atoms with van der Waals surface area (Å²) < 4.78 is 12.3. The van der Waals surface area contributed by atoms with Crippen molar-refractivity contribution in [1.82, 2.24) is 0 Å². The van der Waals surface area contributed by atoms with Crippen LogP contribution < -0.4 is 0 Å². The first-order chi connectivity index (χ1) is 12.3. The number of aldehydes is 1. The molecular weight excluding hydrogens is 328 g/mol. The zero-order valence-electron chi connectivity index (χ0n) is 16.8. The fourth-order valence-corrected chi connectivity index (χ4v) is 6.04. The molecule has 2 saturated carbocycles. The van der Waals surface area contributed by atoms with Gasteiger partial charge in [0, 0.05) is 26.1 Å². The summed E-state index contributed by atoms with van der Waals surface area (Å²) in [4.78, 5) is 12.0. The molecule has 0 saturated heterocycles. The summed E-state index contributed by atoms with van der Waals surface area (Å²) in [6.45, 7) is 6.35. The Kier molecular flexibility index (Phi) is 5.49. The Morgan fingerprint density at radius 3 is 2.58 bits per heavy atom. The number of aliphatic hydroxyl groups excluding tert-OH is 1. The number of carbonyl (C=O) groups excluding carboxylic acids is 1. The number of aliphatic hydroxyl groups is 1. The Morgan fingerprint density at radius 2 is 2.00 bits per heavy atom. The van der Waals surface area contributed by atoms with Gasteiger partial charge >= 0.3 is 0 Å². The third-order valence-corrected chi connectivity index (χ3v) is 7.30. The molecule has 0 heterocycles. The Bertz CT molecular complexity index is 605. The molecule has 0 radical (unpaired) electrons. The Hall–Kier alpha value is -0.970. The smallest absolute Gasteiger partial charge is 0.146 e. The number of methoxy groups -OCH3 is 2. The van der Waals surface area contributed by atoms with Gasteiger partial charge in [0.2, 0.25) is 0 Å². The second-order valence-electron chi connectivity index (χ2n) is 9.13. The summed E-state index contributed by atoms with van der Waals surface area (Å²) >= 11 is 0. The molecule has 0 amide bonds. The van der Waals surface area contributed by atoms with Gasteiger partial charge in [-0.1, -0.05) is 24.6 Å². The van der Waals surface area contributed by atoms with Gasteiger partial charge in [0.15, 0.2) is 0 Å². The lowest BCUT2D eigenvalue weighted by Crippen LogP contribution is -2.57. The quantitative estimate of drug-likeness (QED) is 0.612. The number of hydrogen-bond acceptors (Lipinski definition) is 4. The molecule has 2 fully saturated rings. The normalized spacial score (nSPS) is 45.2. The molecule has 0 aromatic carbocycles. The van der Waals surface area contributed by atoms with Crippen LogP contribution in [-0.4, -0.2) is 43.4 Å². The third kappa shape index (κ3) is 3.10. The van der Waals surface area contributed by atoms with E-state index in [1.165, 1.54) is 5.57 Å². The molecule has 0 aromatic heterocycles. The van der Waals surface area contributed by atoms with Crippen molar-refractivity contribution in [2.45, 2.75) is 70.7 Å². The molecule has 3 rings (SSSR count). The van der Waals surface area contributed by atoms with E-state index in [0.717, 1.165) is 44.0 Å². The van der Waals surface area contributed by atoms with Crippen LogP contribution in [0.5, 0.6) is 0 Å². The Balaban J connectivity index is 2.13. The highest BCUT2D eigenvalue weighted by molar-refractivity contribution is 5.75. The van der Waals surface area contributed by atoms with E-state index in [0.29, 0.717) is 0 Å². The molecular formula is C22H34O4. The van der Waals surface area contributed by atoms with Crippen molar-refractivity contribution in [3.8, 4) is 0 Å². The van der Waals surface area contributed by atoms with Crippen molar-refractivity contribution in [3.63, 3.8) is 0 Å². The van der Waals surface area contributed by atoms with Gasteiger partial charge in [-0.3, -0.25) is 4.79 Å². The SMILES string of the molecule is COC1C(C=C(C)C)C=C(C=O)C2CCC3(C)CC(OC)(CCC3O)C21. The Labute approximate surface area is 157 Å². The maximum Gasteiger partial charge on any atom is 0.146 e. The Morgan fingerprint density at radius 1 is 1.27 bits per heavy atom. The van der Waals surface area contributed by atoms with Crippen molar-refractivity contribution in [1.29, 1.82) is 0 Å². The molecule has 3 aliphatic rings. The number of hydrogen-bond donors (Lipinski definition) is 1. The fraction of sp³-hybridized carbons (Fsp3) is 0.773. The molecule has 3 aliphatic carbocycles. The van der Waals surface area contributed by atoms with E-state index in [1.807, 2.05) is 0 Å². The van der Waals surface area contributed by atoms with E-state index in [4.69, 9.17) is 9.47 Å². The van der Waals surface area contributed by atoms with E-state index in [-0.39, 0.29) is 41.0 Å². The zero-order chi connectivity index (χ0) is 19.1. The van der Waals surface area contributed by atoms with E-state index < -0.39 is 0 Å². The summed E-state index contributed by atoms with van der Waals surface area (Å²) in [6, 6.07) is 0. The van der Waals surface area contributed by atoms with E-state index >= 15 is 0 Å². The molecule has 7 atom stereocenters. The van der Waals surface area contributed by atoms with Crippen molar-refractivity contribution < 1.29 is 19.4 Å². The molecule has 7 unspecified atom stereocenters. The fourth-order valence-electron chi connectivity index (χ4n) is 6.04. The molecule has 0 spiro atoms. The predicted molar refractivity (Wildman–Crippen MR) is 102 cm³/mol. The van der Waals surface area contributed by atoms with Crippen molar-refractivity contribution in [2.24, 2.45) is 23.2 Å². The van der Waals surface area contributed by atoms with Crippen molar-refractivity contribution in [2.75, 3.05) is 14.2 Å². The van der Waals surface area contributed by atoms with E-state index in [1.54, 1.807) is 14.2 Å². The van der Waals surface area contributed by atoms with Gasteiger partial charge in [0.1, 0.15) is 6.29 Å². The minimum absolute atomic E-state index is 0.0175. The minimum Gasteiger partial charge on any atom is -0.393 e. The summed E-state index contributed by atoms with van der Waals surface area (Å²) in [7, 11) is 3.57. The maximum atomic E-state index is 12.0. The number of allylic oxidation sites excluding steroid dienone is 2. The maximum absolute atomic E-state index is 12.0. The second kappa shape index (κ2) is 7.21. The predicted octanol–water partition coefficient (Wildman–Crippen LogP) is 3.69. The number of rotatable bonds is 4. The van der Waals surface area contributed by atoms with Crippen LogP contribution >= 0.6 is 0 Å². The first-order valence-electron chi connectivity index (χ1n) is 9.88. The number of carbonyl (C=O) groups is 1. The van der Waals surface area contributed by atoms with Gasteiger partial charge in [-0.2, -0.15) is 0 Å². The van der Waals surface area contributed by atoms with E-state index in [2.05, 4.69) is 32.9 Å². The highest BCUT2D eigenvalue weighted by Crippen LogP contribution is 2.58. The molecule has 0 aliphatic heterocycles. The lowest BCUT2D eigenvalue weighted by Gasteiger charge is -2.53. The van der Waals surface area contributed by atoms with Crippen molar-refractivity contribution >= 4 is 6.29 Å². The van der Waals surface area contributed by atoms with Crippen molar-refractivity contribution in [3.05, 3.63) is 23.3 Å². The van der Waals surface area contributed by atoms with Gasteiger partial charge in [0.25, 0.3) is 0 Å². The molecule has 26 heavy (non-hydrogen) atoms. The summed E-state index contributed by atoms with van der Waals surface area (Å²) in [5, 5.41) is 10.7. The highest BCUT2D eigenvalue weighted by atomic mass is 16.5. The lowest BCUT2D eigenvalue weighted by molar-refractivity contribution is -0.177. The standard InChI is InChI=1S/C22H34O4/c1-14(2)10-15-11-16(12-23)17-6-8-21(3)13-22(26-5,9-7-18(21)24)19(17)20(15)25-4/h10-12,15,17-20,24H,6-9,13H2,1-5H3. The molecule has 4 heteroatoms. The van der Waals surface area contributed by atoms with Crippen LogP contribution in [0.1, 0.15) is 52.9 Å². The number of ether oxygens (including phenoxy) is 2. The first kappa shape index (κ1) is 19.8. The zero-order valence-corrected chi connectivity index (χ0v) is 16.8. The van der Waals surface area contributed by atoms with Crippen LogP contribution in [0, 0.1) is 23.2 Å². The molecule has 146 valence electrons. The molecule has 2 bridgehead atoms. The molecule has 4 nitrogen and oxygen atoms in total. The van der Waals surface area contributed by atoms with Crippen LogP contribution in [0.25, 0.3) is 0 Å². The molecule has 0 aromatic rings. The van der Waals surface area contributed by atoms with Crippen LogP contribution in [0.15, 0.2) is 23.3 Å². The summed E-state index contributed by atoms with van der Waals surface area (Å²) in [6.07, 6.45) is 9.22. The first-order valence-corrected chi connectivity index (χ1v) is 9.88. The lowest BCUT2D eigenvalue weighted by atomic mass is 9.59. The highest BCUT2D eigenvalue weighted by Gasteiger charge is 2.59. The number of fused-ring (bicyclic) bond motifs is 4. The van der Waals surface area contributed by atoms with Crippen LogP contribution in [0.4, 0.5) is 0 Å². The van der Waals surface area contributed by atoms with Crippen LogP contribution in [0.2, 0.25) is 0 Å². The second-order valence-corrected chi connectivity index (χ2v) is 9.13. The summed E-state index contributed by atoms with van der Waals surface area (Å²) in [5.41, 5.74) is 1.59. The summed E-state index contributed by atoms with van der Waals surface area (Å²) in [5.74, 6) is 0.332. The van der Waals surface area contributed by atoms with Crippen LogP contribution in [0.3, 0.4) is 0 Å². The average molecular weight is 363 g/mol. The minimum atomic E-state index is -0.355. The van der Waals surface area contributed by atoms with Gasteiger partial charge < -0.3 is 14.6 Å². The third-order valence-electron chi connectivity index (χ3n) is 7.30.